The summed E-state index contributed by atoms with van der Waals surface area (Å²) in [6.07, 6.45) is 3.25. The van der Waals surface area contributed by atoms with Gasteiger partial charge >= 0.3 is 5.97 Å². The Kier molecular flexibility index (Phi) is 5.98. The van der Waals surface area contributed by atoms with E-state index in [1.165, 1.54) is 18.7 Å². The van der Waals surface area contributed by atoms with Crippen LogP contribution in [0.15, 0.2) is 48.5 Å². The van der Waals surface area contributed by atoms with Crippen molar-refractivity contribution < 1.29 is 14.3 Å². The third-order valence-electron chi connectivity index (χ3n) is 4.12. The zero-order chi connectivity index (χ0) is 19.3. The van der Waals surface area contributed by atoms with Crippen LogP contribution in [0.5, 0.6) is 0 Å². The molecule has 2 aromatic rings. The summed E-state index contributed by atoms with van der Waals surface area (Å²) in [5.74, 6) is -0.690. The lowest BCUT2D eigenvalue weighted by atomic mass is 9.87. The van der Waals surface area contributed by atoms with Crippen molar-refractivity contribution in [1.82, 2.24) is 0 Å². The van der Waals surface area contributed by atoms with E-state index >= 15 is 0 Å². The molecule has 4 nitrogen and oxygen atoms in total. The second kappa shape index (κ2) is 8.00. The molecule has 0 saturated carbocycles. The van der Waals surface area contributed by atoms with Crippen LogP contribution in [0.2, 0.25) is 0 Å². The molecule has 0 unspecified atom stereocenters. The number of aryl methyl sites for hydroxylation is 1. The van der Waals surface area contributed by atoms with E-state index in [-0.39, 0.29) is 11.3 Å². The first-order valence-electron chi connectivity index (χ1n) is 8.49. The average molecular weight is 351 g/mol. The van der Waals surface area contributed by atoms with Crippen molar-refractivity contribution in [3.05, 3.63) is 70.8 Å². The molecule has 0 heterocycles. The minimum atomic E-state index is -0.435. The summed E-state index contributed by atoms with van der Waals surface area (Å²) in [4.78, 5) is 23.8. The highest BCUT2D eigenvalue weighted by molar-refractivity contribution is 6.03. The van der Waals surface area contributed by atoms with E-state index in [0.29, 0.717) is 11.3 Å². The molecule has 26 heavy (non-hydrogen) atoms. The molecule has 0 aliphatic heterocycles. The molecule has 0 bridgehead atoms. The number of hydrogen-bond donors (Lipinski definition) is 1. The van der Waals surface area contributed by atoms with Gasteiger partial charge in [-0.25, -0.2) is 4.79 Å². The van der Waals surface area contributed by atoms with Gasteiger partial charge in [-0.15, -0.1) is 0 Å². The summed E-state index contributed by atoms with van der Waals surface area (Å²) in [6.45, 7) is 8.35. The summed E-state index contributed by atoms with van der Waals surface area (Å²) in [5.41, 5.74) is 4.15. The number of esters is 1. The van der Waals surface area contributed by atoms with Gasteiger partial charge < -0.3 is 10.1 Å². The smallest absolute Gasteiger partial charge is 0.337 e. The van der Waals surface area contributed by atoms with E-state index in [2.05, 4.69) is 38.2 Å². The fourth-order valence-electron chi connectivity index (χ4n) is 2.44. The molecular weight excluding hydrogens is 326 g/mol. The topological polar surface area (TPSA) is 55.4 Å². The van der Waals surface area contributed by atoms with Crippen molar-refractivity contribution in [2.75, 3.05) is 12.4 Å². The molecule has 2 aromatic carbocycles. The first-order chi connectivity index (χ1) is 12.2. The number of benzene rings is 2. The van der Waals surface area contributed by atoms with Crippen LogP contribution < -0.4 is 5.32 Å². The minimum absolute atomic E-state index is 0.0990. The molecule has 0 aliphatic rings. The van der Waals surface area contributed by atoms with E-state index in [4.69, 9.17) is 4.74 Å². The molecule has 0 saturated heterocycles. The van der Waals surface area contributed by atoms with Gasteiger partial charge in [0.1, 0.15) is 0 Å². The maximum atomic E-state index is 12.2. The summed E-state index contributed by atoms with van der Waals surface area (Å²) in [7, 11) is 1.33. The Labute approximate surface area is 154 Å². The van der Waals surface area contributed by atoms with Gasteiger partial charge in [0.15, 0.2) is 0 Å². The van der Waals surface area contributed by atoms with Gasteiger partial charge in [-0.3, -0.25) is 4.79 Å². The highest BCUT2D eigenvalue weighted by Gasteiger charge is 2.12. The first kappa shape index (κ1) is 19.4. The fourth-order valence-corrected chi connectivity index (χ4v) is 2.44. The zero-order valence-corrected chi connectivity index (χ0v) is 15.9. The van der Waals surface area contributed by atoms with Crippen LogP contribution in [0.25, 0.3) is 6.08 Å². The zero-order valence-electron chi connectivity index (χ0n) is 15.9. The molecule has 0 aliphatic carbocycles. The minimum Gasteiger partial charge on any atom is -0.465 e. The molecule has 0 fully saturated rings. The second-order valence-corrected chi connectivity index (χ2v) is 7.22. The summed E-state index contributed by atoms with van der Waals surface area (Å²) in [5, 5.41) is 2.80. The third-order valence-corrected chi connectivity index (χ3v) is 4.12. The van der Waals surface area contributed by atoms with Gasteiger partial charge in [-0.2, -0.15) is 0 Å². The Morgan fingerprint density at radius 2 is 1.69 bits per heavy atom. The summed E-state index contributed by atoms with van der Waals surface area (Å²) in [6, 6.07) is 13.2. The Balaban J connectivity index is 2.09. The molecule has 0 aromatic heterocycles. The van der Waals surface area contributed by atoms with Crippen molar-refractivity contribution in [2.24, 2.45) is 0 Å². The Bertz CT molecular complexity index is 827. The standard InChI is InChI=1S/C22H25NO3/c1-15-6-10-17(21(25)26-5)14-19(15)23-20(24)13-9-16-7-11-18(12-8-16)22(2,3)4/h6-14H,1-5H3,(H,23,24)/b13-9+. The highest BCUT2D eigenvalue weighted by Crippen LogP contribution is 2.22. The molecule has 0 atom stereocenters. The number of hydrogen-bond acceptors (Lipinski definition) is 3. The number of methoxy groups -OCH3 is 1. The van der Waals surface area contributed by atoms with Crippen molar-refractivity contribution in [1.29, 1.82) is 0 Å². The number of amides is 1. The van der Waals surface area contributed by atoms with Gasteiger partial charge in [0.05, 0.1) is 12.7 Å². The van der Waals surface area contributed by atoms with E-state index in [0.717, 1.165) is 11.1 Å². The number of carbonyl (C=O) groups is 2. The second-order valence-electron chi connectivity index (χ2n) is 7.22. The molecule has 2 rings (SSSR count). The van der Waals surface area contributed by atoms with E-state index in [1.54, 1.807) is 24.3 Å². The molecular formula is C22H25NO3. The summed E-state index contributed by atoms with van der Waals surface area (Å²) >= 11 is 0. The molecule has 0 spiro atoms. The Morgan fingerprint density at radius 1 is 1.04 bits per heavy atom. The fraction of sp³-hybridized carbons (Fsp3) is 0.273. The first-order valence-corrected chi connectivity index (χ1v) is 8.49. The largest absolute Gasteiger partial charge is 0.465 e. The third kappa shape index (κ3) is 5.06. The Hall–Kier alpha value is -2.88. The number of nitrogens with one attached hydrogen (secondary N) is 1. The van der Waals surface area contributed by atoms with E-state index in [9.17, 15) is 9.59 Å². The normalized spacial score (nSPS) is 11.4. The van der Waals surface area contributed by atoms with Gasteiger partial charge in [0.2, 0.25) is 5.91 Å². The maximum absolute atomic E-state index is 12.2. The van der Waals surface area contributed by atoms with Crippen LogP contribution in [0.4, 0.5) is 5.69 Å². The lowest BCUT2D eigenvalue weighted by molar-refractivity contribution is -0.111. The monoisotopic (exact) mass is 351 g/mol. The predicted octanol–water partition coefficient (Wildman–Crippen LogP) is 4.73. The van der Waals surface area contributed by atoms with Crippen LogP contribution >= 0.6 is 0 Å². The van der Waals surface area contributed by atoms with Crippen LogP contribution in [-0.4, -0.2) is 19.0 Å². The number of rotatable bonds is 4. The highest BCUT2D eigenvalue weighted by atomic mass is 16.5. The van der Waals surface area contributed by atoms with Gasteiger partial charge in [0.25, 0.3) is 0 Å². The van der Waals surface area contributed by atoms with Crippen molar-refractivity contribution in [3.8, 4) is 0 Å². The SMILES string of the molecule is COC(=O)c1ccc(C)c(NC(=O)/C=C/c2ccc(C(C)(C)C)cc2)c1. The average Bonchev–Trinajstić information content (AvgIpc) is 2.60. The van der Waals surface area contributed by atoms with Crippen molar-refractivity contribution >= 4 is 23.6 Å². The van der Waals surface area contributed by atoms with Crippen LogP contribution in [-0.2, 0) is 14.9 Å². The van der Waals surface area contributed by atoms with Crippen LogP contribution in [0.1, 0.15) is 47.8 Å². The molecule has 4 heteroatoms. The molecule has 136 valence electrons. The number of anilines is 1. The number of carbonyl (C=O) groups excluding carboxylic acids is 2. The lowest BCUT2D eigenvalue weighted by Crippen LogP contribution is -2.11. The predicted molar refractivity (Wildman–Crippen MR) is 105 cm³/mol. The Morgan fingerprint density at radius 3 is 2.27 bits per heavy atom. The van der Waals surface area contributed by atoms with Gasteiger partial charge in [-0.1, -0.05) is 51.1 Å². The molecule has 1 amide bonds. The van der Waals surface area contributed by atoms with Crippen molar-refractivity contribution in [2.45, 2.75) is 33.1 Å². The molecule has 0 radical (unpaired) electrons. The van der Waals surface area contributed by atoms with E-state index < -0.39 is 5.97 Å². The lowest BCUT2D eigenvalue weighted by Gasteiger charge is -2.18. The quantitative estimate of drug-likeness (QED) is 0.640. The van der Waals surface area contributed by atoms with Crippen LogP contribution in [0.3, 0.4) is 0 Å². The number of ether oxygens (including phenoxy) is 1. The van der Waals surface area contributed by atoms with E-state index in [1.807, 2.05) is 19.1 Å². The van der Waals surface area contributed by atoms with Gasteiger partial charge in [-0.05, 0) is 47.2 Å². The molecule has 1 N–H and O–H groups in total. The van der Waals surface area contributed by atoms with Crippen LogP contribution in [0, 0.1) is 6.92 Å². The summed E-state index contributed by atoms with van der Waals surface area (Å²) < 4.78 is 4.71. The van der Waals surface area contributed by atoms with Crippen molar-refractivity contribution in [3.63, 3.8) is 0 Å². The maximum Gasteiger partial charge on any atom is 0.337 e. The van der Waals surface area contributed by atoms with Gasteiger partial charge in [0, 0.05) is 11.8 Å².